The van der Waals surface area contributed by atoms with Gasteiger partial charge in [-0.25, -0.2) is 9.69 Å². The Morgan fingerprint density at radius 2 is 1.18 bits per heavy atom. The Balaban J connectivity index is 1.47. The van der Waals surface area contributed by atoms with Gasteiger partial charge in [0.25, 0.3) is 0 Å². The van der Waals surface area contributed by atoms with E-state index in [0.717, 1.165) is 22.3 Å². The minimum absolute atomic E-state index is 0.0484. The molecule has 5 heteroatoms. The van der Waals surface area contributed by atoms with Crippen LogP contribution in [0.1, 0.15) is 21.5 Å². The van der Waals surface area contributed by atoms with Crippen LogP contribution in [-0.4, -0.2) is 22.9 Å². The van der Waals surface area contributed by atoms with Crippen molar-refractivity contribution in [2.45, 2.75) is 0 Å². The third-order valence-electron chi connectivity index (χ3n) is 7.18. The molecular formula is C29H21NO4. The fraction of sp³-hybridized carbons (Fsp3) is 0.138. The van der Waals surface area contributed by atoms with E-state index in [4.69, 9.17) is 0 Å². The minimum atomic E-state index is -1.09. The lowest BCUT2D eigenvalue weighted by Crippen LogP contribution is -2.33. The number of hydrogen-bond donors (Lipinski definition) is 1. The van der Waals surface area contributed by atoms with E-state index in [1.165, 1.54) is 17.0 Å². The van der Waals surface area contributed by atoms with E-state index >= 15 is 0 Å². The zero-order chi connectivity index (χ0) is 23.4. The number of imide groups is 1. The third kappa shape index (κ3) is 2.90. The van der Waals surface area contributed by atoms with Crippen molar-refractivity contribution < 1.29 is 19.5 Å². The number of fused-ring (bicyclic) bond motifs is 5. The summed E-state index contributed by atoms with van der Waals surface area (Å²) >= 11 is 0. The Labute approximate surface area is 196 Å². The zero-order valence-electron chi connectivity index (χ0n) is 18.2. The van der Waals surface area contributed by atoms with Crippen LogP contribution in [-0.2, 0) is 9.59 Å². The number of carbonyl (C=O) groups is 3. The summed E-state index contributed by atoms with van der Waals surface area (Å²) in [6, 6.07) is 26.2. The molecule has 3 aromatic carbocycles. The number of carboxylic acids is 1. The fourth-order valence-corrected chi connectivity index (χ4v) is 5.84. The van der Waals surface area contributed by atoms with Crippen molar-refractivity contribution in [3.05, 3.63) is 119 Å². The number of nitrogens with zero attached hydrogens (tertiary/aromatic N) is 1. The molecular weight excluding hydrogens is 426 g/mol. The standard InChI is InChI=1S/C29H21NO4/c31-27-25-21-14-15-22(26(25)28(32)30(27)20-13-7-12-19(16-20)29(33)34)24(21)23(17-8-3-1-4-9-17)18-10-5-2-6-11-18/h1-16,21-22,25-26H,(H,33,34)/t21-,22-,25-,26+/m0/s1. The van der Waals surface area contributed by atoms with Crippen molar-refractivity contribution >= 4 is 29.0 Å². The van der Waals surface area contributed by atoms with Crippen LogP contribution < -0.4 is 4.90 Å². The molecule has 1 saturated carbocycles. The molecule has 1 heterocycles. The lowest BCUT2D eigenvalue weighted by Gasteiger charge is -2.21. The van der Waals surface area contributed by atoms with Crippen molar-refractivity contribution in [3.8, 4) is 0 Å². The van der Waals surface area contributed by atoms with E-state index in [1.807, 2.05) is 36.4 Å². The highest BCUT2D eigenvalue weighted by molar-refractivity contribution is 6.23. The van der Waals surface area contributed by atoms with Crippen molar-refractivity contribution in [1.82, 2.24) is 0 Å². The van der Waals surface area contributed by atoms with Gasteiger partial charge < -0.3 is 5.11 Å². The smallest absolute Gasteiger partial charge is 0.335 e. The van der Waals surface area contributed by atoms with Crippen LogP contribution in [0.4, 0.5) is 5.69 Å². The Kier molecular flexibility index (Phi) is 4.59. The van der Waals surface area contributed by atoms with Gasteiger partial charge in [-0.1, -0.05) is 78.9 Å². The molecule has 2 aliphatic carbocycles. The molecule has 6 rings (SSSR count). The van der Waals surface area contributed by atoms with Crippen LogP contribution in [0.3, 0.4) is 0 Å². The number of rotatable bonds is 4. The van der Waals surface area contributed by atoms with Gasteiger partial charge in [0.1, 0.15) is 0 Å². The number of hydrogen-bond acceptors (Lipinski definition) is 3. The molecule has 3 aliphatic rings. The summed E-state index contributed by atoms with van der Waals surface area (Å²) in [5, 5.41) is 9.35. The maximum Gasteiger partial charge on any atom is 0.335 e. The van der Waals surface area contributed by atoms with Gasteiger partial charge in [-0.3, -0.25) is 9.59 Å². The Bertz CT molecular complexity index is 1310. The first-order valence-corrected chi connectivity index (χ1v) is 11.3. The van der Waals surface area contributed by atoms with E-state index in [1.54, 1.807) is 12.1 Å². The molecule has 166 valence electrons. The first-order valence-electron chi connectivity index (χ1n) is 11.3. The van der Waals surface area contributed by atoms with Crippen molar-refractivity contribution in [2.75, 3.05) is 4.90 Å². The van der Waals surface area contributed by atoms with Gasteiger partial charge in [-0.05, 0) is 40.5 Å². The topological polar surface area (TPSA) is 74.7 Å². The average molecular weight is 447 g/mol. The normalized spacial score (nSPS) is 24.6. The summed E-state index contributed by atoms with van der Waals surface area (Å²) in [6.07, 6.45) is 4.13. The van der Waals surface area contributed by atoms with Crippen LogP contribution in [0.5, 0.6) is 0 Å². The maximum atomic E-state index is 13.6. The first kappa shape index (κ1) is 20.4. The van der Waals surface area contributed by atoms with Gasteiger partial charge >= 0.3 is 5.97 Å². The van der Waals surface area contributed by atoms with Crippen molar-refractivity contribution in [2.24, 2.45) is 23.7 Å². The third-order valence-corrected chi connectivity index (χ3v) is 7.18. The molecule has 0 unspecified atom stereocenters. The molecule has 1 N–H and O–H groups in total. The molecule has 1 saturated heterocycles. The number of allylic oxidation sites excluding steroid dienone is 3. The number of amides is 2. The van der Waals surface area contributed by atoms with E-state index in [-0.39, 0.29) is 29.2 Å². The molecule has 2 bridgehead atoms. The molecule has 0 spiro atoms. The highest BCUT2D eigenvalue weighted by Crippen LogP contribution is 2.58. The molecule has 0 radical (unpaired) electrons. The lowest BCUT2D eigenvalue weighted by atomic mass is 9.85. The summed E-state index contributed by atoms with van der Waals surface area (Å²) in [4.78, 5) is 39.8. The van der Waals surface area contributed by atoms with Crippen LogP contribution in [0.2, 0.25) is 0 Å². The Morgan fingerprint density at radius 3 is 1.68 bits per heavy atom. The first-order chi connectivity index (χ1) is 16.6. The second kappa shape index (κ2) is 7.66. The maximum absolute atomic E-state index is 13.6. The predicted molar refractivity (Wildman–Crippen MR) is 128 cm³/mol. The Hall–Kier alpha value is -4.25. The summed E-state index contributed by atoms with van der Waals surface area (Å²) in [6.45, 7) is 0. The molecule has 3 aromatic rings. The van der Waals surface area contributed by atoms with Gasteiger partial charge in [-0.2, -0.15) is 0 Å². The number of anilines is 1. The lowest BCUT2D eigenvalue weighted by molar-refractivity contribution is -0.122. The van der Waals surface area contributed by atoms with E-state index in [9.17, 15) is 19.5 Å². The predicted octanol–water partition coefficient (Wildman–Crippen LogP) is 4.81. The zero-order valence-corrected chi connectivity index (χ0v) is 18.2. The van der Waals surface area contributed by atoms with Gasteiger partial charge in [0.15, 0.2) is 0 Å². The second-order valence-corrected chi connectivity index (χ2v) is 8.92. The molecule has 1 aliphatic heterocycles. The SMILES string of the molecule is O=C(O)c1cccc(N2C(=O)[C@@H]3[C@H](C2=O)[C@H]2C=C[C@H]3C2=C(c2ccccc2)c2ccccc2)c1. The van der Waals surface area contributed by atoms with Crippen molar-refractivity contribution in [1.29, 1.82) is 0 Å². The van der Waals surface area contributed by atoms with E-state index in [2.05, 4.69) is 36.4 Å². The van der Waals surface area contributed by atoms with Crippen LogP contribution >= 0.6 is 0 Å². The number of carbonyl (C=O) groups excluding carboxylic acids is 2. The quantitative estimate of drug-likeness (QED) is 0.460. The number of benzene rings is 3. The fourth-order valence-electron chi connectivity index (χ4n) is 5.84. The monoisotopic (exact) mass is 447 g/mol. The van der Waals surface area contributed by atoms with Gasteiger partial charge in [0.05, 0.1) is 23.1 Å². The summed E-state index contributed by atoms with van der Waals surface area (Å²) in [5.41, 5.74) is 4.69. The van der Waals surface area contributed by atoms with Crippen molar-refractivity contribution in [3.63, 3.8) is 0 Å². The summed E-state index contributed by atoms with van der Waals surface area (Å²) in [5.74, 6) is -2.91. The molecule has 5 nitrogen and oxygen atoms in total. The van der Waals surface area contributed by atoms with Gasteiger partial charge in [-0.15, -0.1) is 0 Å². The van der Waals surface area contributed by atoms with Crippen LogP contribution in [0.25, 0.3) is 5.57 Å². The average Bonchev–Trinajstić information content (AvgIpc) is 3.50. The second-order valence-electron chi connectivity index (χ2n) is 8.92. The largest absolute Gasteiger partial charge is 0.478 e. The molecule has 2 amide bonds. The van der Waals surface area contributed by atoms with Crippen LogP contribution in [0.15, 0.2) is 103 Å². The number of carboxylic acid groups (broad SMARTS) is 1. The highest BCUT2D eigenvalue weighted by Gasteiger charge is 2.62. The summed E-state index contributed by atoms with van der Waals surface area (Å²) in [7, 11) is 0. The molecule has 0 aromatic heterocycles. The van der Waals surface area contributed by atoms with Crippen LogP contribution in [0, 0.1) is 23.7 Å². The van der Waals surface area contributed by atoms with E-state index in [0.29, 0.717) is 5.69 Å². The highest BCUT2D eigenvalue weighted by atomic mass is 16.4. The van der Waals surface area contributed by atoms with Gasteiger partial charge in [0.2, 0.25) is 11.8 Å². The van der Waals surface area contributed by atoms with Gasteiger partial charge in [0, 0.05) is 11.8 Å². The molecule has 34 heavy (non-hydrogen) atoms. The molecule has 4 atom stereocenters. The Morgan fingerprint density at radius 1 is 0.676 bits per heavy atom. The minimum Gasteiger partial charge on any atom is -0.478 e. The summed E-state index contributed by atoms with van der Waals surface area (Å²) < 4.78 is 0. The van der Waals surface area contributed by atoms with E-state index < -0.39 is 17.8 Å². The number of aromatic carboxylic acids is 1. The molecule has 2 fully saturated rings.